The van der Waals surface area contributed by atoms with Crippen LogP contribution in [-0.2, 0) is 20.7 Å². The zero-order chi connectivity index (χ0) is 22.9. The van der Waals surface area contributed by atoms with Gasteiger partial charge in [-0.3, -0.25) is 9.48 Å². The Balaban J connectivity index is 1.37. The molecule has 0 N–H and O–H groups in total. The van der Waals surface area contributed by atoms with Crippen molar-refractivity contribution in [1.82, 2.24) is 19.3 Å². The molecule has 33 heavy (non-hydrogen) atoms. The molecule has 6 nitrogen and oxygen atoms in total. The van der Waals surface area contributed by atoms with Crippen molar-refractivity contribution >= 4 is 10.9 Å². The third-order valence-corrected chi connectivity index (χ3v) is 5.73. The predicted molar refractivity (Wildman–Crippen MR) is 130 cm³/mol. The first-order valence-electron chi connectivity index (χ1n) is 10.8. The van der Waals surface area contributed by atoms with Crippen LogP contribution in [0.5, 0.6) is 5.88 Å². The van der Waals surface area contributed by atoms with Gasteiger partial charge in [-0.05, 0) is 41.8 Å². The highest BCUT2D eigenvalue weighted by molar-refractivity contribution is 5.83. The molecule has 0 amide bonds. The molecule has 3 heterocycles. The minimum absolute atomic E-state index is 0.0736. The number of fused-ring (bicyclic) bond motifs is 1. The first-order chi connectivity index (χ1) is 16.0. The SMILES string of the molecule is Cc1cc2ccccc2nc1-c1ccc(COc2nn(C)cc2-c2ccn(C)c(=O)c2)cc1. The number of rotatable bonds is 5. The number of hydrogen-bond donors (Lipinski definition) is 0. The summed E-state index contributed by atoms with van der Waals surface area (Å²) in [7, 11) is 3.57. The Kier molecular flexibility index (Phi) is 5.26. The minimum atomic E-state index is -0.0736. The van der Waals surface area contributed by atoms with E-state index < -0.39 is 0 Å². The van der Waals surface area contributed by atoms with E-state index >= 15 is 0 Å². The summed E-state index contributed by atoms with van der Waals surface area (Å²) >= 11 is 0. The molecule has 164 valence electrons. The standard InChI is InChI=1S/C27H24N4O2/c1-18-14-22-6-4-5-7-24(22)28-26(18)20-10-8-19(9-11-20)17-33-27-23(16-31(3)29-27)21-12-13-30(2)25(32)15-21/h4-16H,17H2,1-3H3. The van der Waals surface area contributed by atoms with Crippen molar-refractivity contribution in [3.05, 3.63) is 101 Å². The van der Waals surface area contributed by atoms with E-state index in [1.165, 1.54) is 4.57 Å². The lowest BCUT2D eigenvalue weighted by molar-refractivity contribution is 0.292. The molecule has 0 saturated heterocycles. The van der Waals surface area contributed by atoms with Crippen LogP contribution in [0.15, 0.2) is 83.9 Å². The van der Waals surface area contributed by atoms with Crippen LogP contribution in [0, 0.1) is 6.92 Å². The van der Waals surface area contributed by atoms with E-state index in [2.05, 4.69) is 36.3 Å². The zero-order valence-electron chi connectivity index (χ0n) is 18.8. The molecule has 0 aliphatic rings. The Labute approximate surface area is 191 Å². The van der Waals surface area contributed by atoms with Gasteiger partial charge in [-0.2, -0.15) is 0 Å². The van der Waals surface area contributed by atoms with Gasteiger partial charge in [-0.1, -0.05) is 42.5 Å². The summed E-state index contributed by atoms with van der Waals surface area (Å²) in [5.41, 5.74) is 6.72. The van der Waals surface area contributed by atoms with Gasteiger partial charge in [0.2, 0.25) is 5.88 Å². The summed E-state index contributed by atoms with van der Waals surface area (Å²) in [5.74, 6) is 0.502. The zero-order valence-corrected chi connectivity index (χ0v) is 18.8. The number of nitrogens with zero attached hydrogens (tertiary/aromatic N) is 4. The molecular weight excluding hydrogens is 412 g/mol. The number of aromatic nitrogens is 4. The van der Waals surface area contributed by atoms with Crippen molar-refractivity contribution in [2.24, 2.45) is 14.1 Å². The molecule has 6 heteroatoms. The fraction of sp³-hybridized carbons (Fsp3) is 0.148. The van der Waals surface area contributed by atoms with E-state index in [1.54, 1.807) is 24.0 Å². The van der Waals surface area contributed by atoms with Crippen LogP contribution >= 0.6 is 0 Å². The van der Waals surface area contributed by atoms with Crippen molar-refractivity contribution in [3.8, 4) is 28.3 Å². The summed E-state index contributed by atoms with van der Waals surface area (Å²) in [6.45, 7) is 2.46. The lowest BCUT2D eigenvalue weighted by Gasteiger charge is -2.10. The van der Waals surface area contributed by atoms with E-state index in [4.69, 9.17) is 9.72 Å². The number of hydrogen-bond acceptors (Lipinski definition) is 4. The maximum atomic E-state index is 12.0. The fourth-order valence-corrected chi connectivity index (χ4v) is 3.91. The maximum absolute atomic E-state index is 12.0. The van der Waals surface area contributed by atoms with Gasteiger partial charge in [-0.15, -0.1) is 5.10 Å². The third kappa shape index (κ3) is 4.15. The Morgan fingerprint density at radius 1 is 0.939 bits per heavy atom. The molecule has 0 aliphatic heterocycles. The Hall–Kier alpha value is -4.19. The van der Waals surface area contributed by atoms with Crippen molar-refractivity contribution in [2.45, 2.75) is 13.5 Å². The Bertz CT molecular complexity index is 1510. The van der Waals surface area contributed by atoms with Gasteiger partial charge < -0.3 is 9.30 Å². The molecule has 0 fully saturated rings. The molecule has 0 atom stereocenters. The highest BCUT2D eigenvalue weighted by atomic mass is 16.5. The molecular formula is C27H24N4O2. The highest BCUT2D eigenvalue weighted by Gasteiger charge is 2.13. The normalized spacial score (nSPS) is 11.1. The van der Waals surface area contributed by atoms with Gasteiger partial charge in [0.05, 0.1) is 16.8 Å². The Morgan fingerprint density at radius 3 is 2.52 bits per heavy atom. The average molecular weight is 437 g/mol. The quantitative estimate of drug-likeness (QED) is 0.394. The number of ether oxygens (including phenoxy) is 1. The summed E-state index contributed by atoms with van der Waals surface area (Å²) in [4.78, 5) is 16.9. The van der Waals surface area contributed by atoms with Crippen LogP contribution in [-0.4, -0.2) is 19.3 Å². The van der Waals surface area contributed by atoms with E-state index in [1.807, 2.05) is 49.6 Å². The monoisotopic (exact) mass is 436 g/mol. The van der Waals surface area contributed by atoms with E-state index in [0.717, 1.165) is 44.4 Å². The maximum Gasteiger partial charge on any atom is 0.250 e. The average Bonchev–Trinajstić information content (AvgIpc) is 3.20. The second-order valence-corrected chi connectivity index (χ2v) is 8.22. The van der Waals surface area contributed by atoms with Crippen molar-refractivity contribution in [1.29, 1.82) is 0 Å². The van der Waals surface area contributed by atoms with Gasteiger partial charge in [0.1, 0.15) is 6.61 Å². The van der Waals surface area contributed by atoms with Gasteiger partial charge in [0.25, 0.3) is 5.56 Å². The molecule has 5 rings (SSSR count). The first kappa shape index (κ1) is 20.7. The lowest BCUT2D eigenvalue weighted by Crippen LogP contribution is -2.14. The van der Waals surface area contributed by atoms with E-state index in [-0.39, 0.29) is 5.56 Å². The molecule has 0 unspecified atom stereocenters. The molecule has 5 aromatic rings. The Morgan fingerprint density at radius 2 is 1.73 bits per heavy atom. The smallest absolute Gasteiger partial charge is 0.250 e. The van der Waals surface area contributed by atoms with E-state index in [0.29, 0.717) is 12.5 Å². The second kappa shape index (κ2) is 8.39. The summed E-state index contributed by atoms with van der Waals surface area (Å²) in [6.07, 6.45) is 3.61. The third-order valence-electron chi connectivity index (χ3n) is 5.73. The predicted octanol–water partition coefficient (Wildman–Crippen LogP) is 4.89. The molecule has 0 spiro atoms. The van der Waals surface area contributed by atoms with Crippen molar-refractivity contribution in [3.63, 3.8) is 0 Å². The molecule has 0 radical (unpaired) electrons. The molecule has 3 aromatic heterocycles. The van der Waals surface area contributed by atoms with Crippen LogP contribution in [0.3, 0.4) is 0 Å². The van der Waals surface area contributed by atoms with E-state index in [9.17, 15) is 4.79 Å². The van der Waals surface area contributed by atoms with Crippen molar-refractivity contribution < 1.29 is 4.74 Å². The lowest BCUT2D eigenvalue weighted by atomic mass is 10.0. The molecule has 0 saturated carbocycles. The fourth-order valence-electron chi connectivity index (χ4n) is 3.91. The molecule has 0 bridgehead atoms. The van der Waals surface area contributed by atoms with Crippen LogP contribution < -0.4 is 10.3 Å². The van der Waals surface area contributed by atoms with Gasteiger partial charge in [0, 0.05) is 43.5 Å². The molecule has 0 aliphatic carbocycles. The van der Waals surface area contributed by atoms with Crippen LogP contribution in [0.1, 0.15) is 11.1 Å². The molecule has 2 aromatic carbocycles. The summed E-state index contributed by atoms with van der Waals surface area (Å²) in [5, 5.41) is 5.58. The first-order valence-corrected chi connectivity index (χ1v) is 10.8. The number of para-hydroxylation sites is 1. The van der Waals surface area contributed by atoms with Gasteiger partial charge >= 0.3 is 0 Å². The summed E-state index contributed by atoms with van der Waals surface area (Å²) < 4.78 is 9.27. The van der Waals surface area contributed by atoms with Gasteiger partial charge in [-0.25, -0.2) is 4.98 Å². The van der Waals surface area contributed by atoms with Gasteiger partial charge in [0.15, 0.2) is 0 Å². The number of aryl methyl sites for hydroxylation is 3. The van der Waals surface area contributed by atoms with Crippen LogP contribution in [0.25, 0.3) is 33.3 Å². The number of pyridine rings is 2. The topological polar surface area (TPSA) is 61.9 Å². The van der Waals surface area contributed by atoms with Crippen LogP contribution in [0.2, 0.25) is 0 Å². The minimum Gasteiger partial charge on any atom is -0.471 e. The second-order valence-electron chi connectivity index (χ2n) is 8.22. The summed E-state index contributed by atoms with van der Waals surface area (Å²) in [6, 6.07) is 22.1. The van der Waals surface area contributed by atoms with Crippen LogP contribution in [0.4, 0.5) is 0 Å². The highest BCUT2D eigenvalue weighted by Crippen LogP contribution is 2.29. The number of benzene rings is 2. The largest absolute Gasteiger partial charge is 0.471 e. The van der Waals surface area contributed by atoms with Crippen molar-refractivity contribution in [2.75, 3.05) is 0 Å².